The van der Waals surface area contributed by atoms with Gasteiger partial charge in [0.25, 0.3) is 0 Å². The van der Waals surface area contributed by atoms with Gasteiger partial charge in [-0.3, -0.25) is 5.32 Å². The molecule has 2 aromatic heterocycles. The average molecular weight is 457 g/mol. The van der Waals surface area contributed by atoms with Gasteiger partial charge >= 0.3 is 6.09 Å². The largest absolute Gasteiger partial charge is 0.465 e. The lowest BCUT2D eigenvalue weighted by atomic mass is 9.97. The molecular formula is C26H28N6O2. The Morgan fingerprint density at radius 1 is 1.06 bits per heavy atom. The maximum atomic E-state index is 11.3. The third kappa shape index (κ3) is 4.15. The Hall–Kier alpha value is -4.04. The number of amides is 1. The highest BCUT2D eigenvalue weighted by Crippen LogP contribution is 2.40. The number of aromatic nitrogens is 2. The van der Waals surface area contributed by atoms with Crippen LogP contribution < -0.4 is 16.0 Å². The van der Waals surface area contributed by atoms with Crippen LogP contribution in [-0.4, -0.2) is 59.3 Å². The molecule has 5 N–H and O–H groups in total. The number of fused-ring (bicyclic) bond motifs is 1. The summed E-state index contributed by atoms with van der Waals surface area (Å²) in [6.07, 6.45) is 0.542. The number of aromatic amines is 1. The Morgan fingerprint density at radius 2 is 1.76 bits per heavy atom. The first-order valence-corrected chi connectivity index (χ1v) is 11.3. The normalized spacial score (nSPS) is 14.5. The SMILES string of the molecule is Cc1ccc(-c2c(-c3ccc(N4CCN(C)CC4)cc3)[nH]c3ncc(N)cc23)cc1NC(=O)O. The van der Waals surface area contributed by atoms with Crippen molar-refractivity contribution >= 4 is 34.2 Å². The van der Waals surface area contributed by atoms with E-state index in [1.807, 2.05) is 31.2 Å². The van der Waals surface area contributed by atoms with E-state index in [1.54, 1.807) is 6.20 Å². The van der Waals surface area contributed by atoms with E-state index in [2.05, 4.69) is 56.4 Å². The Kier molecular flexibility index (Phi) is 5.59. The molecule has 0 unspecified atom stereocenters. The van der Waals surface area contributed by atoms with E-state index < -0.39 is 6.09 Å². The quantitative estimate of drug-likeness (QED) is 0.356. The molecule has 0 bridgehead atoms. The molecule has 0 aliphatic carbocycles. The van der Waals surface area contributed by atoms with Crippen molar-refractivity contribution in [1.82, 2.24) is 14.9 Å². The third-order valence-corrected chi connectivity index (χ3v) is 6.46. The first-order chi connectivity index (χ1) is 16.4. The van der Waals surface area contributed by atoms with E-state index >= 15 is 0 Å². The minimum Gasteiger partial charge on any atom is -0.465 e. The monoisotopic (exact) mass is 456 g/mol. The maximum absolute atomic E-state index is 11.3. The molecule has 0 spiro atoms. The van der Waals surface area contributed by atoms with E-state index in [1.165, 1.54) is 5.69 Å². The van der Waals surface area contributed by atoms with E-state index in [0.29, 0.717) is 11.4 Å². The van der Waals surface area contributed by atoms with Crippen molar-refractivity contribution in [2.24, 2.45) is 0 Å². The molecule has 8 nitrogen and oxygen atoms in total. The van der Waals surface area contributed by atoms with Crippen LogP contribution in [0.25, 0.3) is 33.4 Å². The molecule has 3 heterocycles. The lowest BCUT2D eigenvalue weighted by molar-refractivity contribution is 0.209. The number of benzene rings is 2. The molecule has 0 radical (unpaired) electrons. The molecule has 0 atom stereocenters. The number of hydrogen-bond acceptors (Lipinski definition) is 5. The molecular weight excluding hydrogens is 428 g/mol. The number of nitrogens with two attached hydrogens (primary N) is 1. The second kappa shape index (κ2) is 8.72. The number of anilines is 3. The van der Waals surface area contributed by atoms with Gasteiger partial charge in [0, 0.05) is 48.5 Å². The van der Waals surface area contributed by atoms with Crippen molar-refractivity contribution in [1.29, 1.82) is 0 Å². The molecule has 0 saturated carbocycles. The number of carbonyl (C=O) groups is 1. The first kappa shape index (κ1) is 21.8. The summed E-state index contributed by atoms with van der Waals surface area (Å²) >= 11 is 0. The molecule has 5 rings (SSSR count). The number of nitrogens with zero attached hydrogens (tertiary/aromatic N) is 3. The molecule has 4 aromatic rings. The summed E-state index contributed by atoms with van der Waals surface area (Å²) in [5.41, 5.74) is 13.8. The van der Waals surface area contributed by atoms with E-state index in [-0.39, 0.29) is 0 Å². The average Bonchev–Trinajstić information content (AvgIpc) is 3.19. The number of H-pyrrole nitrogens is 1. The second-order valence-electron chi connectivity index (χ2n) is 8.84. The number of hydrogen-bond donors (Lipinski definition) is 4. The summed E-state index contributed by atoms with van der Waals surface area (Å²) in [6, 6.07) is 16.2. The van der Waals surface area contributed by atoms with Gasteiger partial charge in [-0.15, -0.1) is 0 Å². The Morgan fingerprint density at radius 3 is 2.47 bits per heavy atom. The van der Waals surface area contributed by atoms with Gasteiger partial charge in [-0.1, -0.05) is 24.3 Å². The zero-order chi connectivity index (χ0) is 23.8. The number of aryl methyl sites for hydroxylation is 1. The predicted molar refractivity (Wildman–Crippen MR) is 137 cm³/mol. The fraction of sp³-hybridized carbons (Fsp3) is 0.231. The fourth-order valence-electron chi connectivity index (χ4n) is 4.53. The topological polar surface area (TPSA) is 111 Å². The van der Waals surface area contributed by atoms with Gasteiger partial charge in [-0.25, -0.2) is 9.78 Å². The lowest BCUT2D eigenvalue weighted by Gasteiger charge is -2.34. The molecule has 1 saturated heterocycles. The second-order valence-corrected chi connectivity index (χ2v) is 8.84. The standard InChI is InChI=1S/C26H28N6O2/c1-16-3-4-18(13-22(16)29-26(33)34)23-21-14-19(27)15-28-25(21)30-24(23)17-5-7-20(8-6-17)32-11-9-31(2)10-12-32/h3-8,13-15,29H,9-12,27H2,1-2H3,(H,28,30)(H,33,34). The summed E-state index contributed by atoms with van der Waals surface area (Å²) in [7, 11) is 2.15. The maximum Gasteiger partial charge on any atom is 0.409 e. The number of likely N-dealkylation sites (N-methyl/N-ethyl adjacent to an activating group) is 1. The number of piperazine rings is 1. The van der Waals surface area contributed by atoms with E-state index in [0.717, 1.165) is 65.2 Å². The van der Waals surface area contributed by atoms with E-state index in [4.69, 9.17) is 5.73 Å². The molecule has 174 valence electrons. The zero-order valence-corrected chi connectivity index (χ0v) is 19.3. The number of rotatable bonds is 4. The summed E-state index contributed by atoms with van der Waals surface area (Å²) in [6.45, 7) is 6.02. The van der Waals surface area contributed by atoms with Gasteiger partial charge in [0.2, 0.25) is 0 Å². The van der Waals surface area contributed by atoms with Crippen molar-refractivity contribution in [2.45, 2.75) is 6.92 Å². The van der Waals surface area contributed by atoms with Crippen LogP contribution >= 0.6 is 0 Å². The predicted octanol–water partition coefficient (Wildman–Crippen LogP) is 4.63. The summed E-state index contributed by atoms with van der Waals surface area (Å²) in [5.74, 6) is 0. The van der Waals surface area contributed by atoms with Crippen LogP contribution in [0.3, 0.4) is 0 Å². The molecule has 1 aliphatic heterocycles. The van der Waals surface area contributed by atoms with Crippen LogP contribution in [0.15, 0.2) is 54.7 Å². The molecule has 1 fully saturated rings. The van der Waals surface area contributed by atoms with Gasteiger partial charge in [-0.2, -0.15) is 0 Å². The van der Waals surface area contributed by atoms with Gasteiger partial charge in [0.15, 0.2) is 0 Å². The fourth-order valence-corrected chi connectivity index (χ4v) is 4.53. The number of carboxylic acid groups (broad SMARTS) is 1. The Bertz CT molecular complexity index is 1350. The van der Waals surface area contributed by atoms with Crippen LogP contribution in [0.1, 0.15) is 5.56 Å². The van der Waals surface area contributed by atoms with Crippen LogP contribution in [-0.2, 0) is 0 Å². The van der Waals surface area contributed by atoms with Crippen molar-refractivity contribution < 1.29 is 9.90 Å². The van der Waals surface area contributed by atoms with Gasteiger partial charge in [0.1, 0.15) is 5.65 Å². The first-order valence-electron chi connectivity index (χ1n) is 11.3. The van der Waals surface area contributed by atoms with Crippen molar-refractivity contribution in [3.63, 3.8) is 0 Å². The van der Waals surface area contributed by atoms with Crippen LogP contribution in [0.4, 0.5) is 21.9 Å². The third-order valence-electron chi connectivity index (χ3n) is 6.46. The Labute approximate surface area is 198 Å². The van der Waals surface area contributed by atoms with Crippen LogP contribution in [0.2, 0.25) is 0 Å². The number of nitrogens with one attached hydrogen (secondary N) is 2. The minimum atomic E-state index is -1.09. The van der Waals surface area contributed by atoms with Gasteiger partial charge < -0.3 is 25.6 Å². The zero-order valence-electron chi connectivity index (χ0n) is 19.3. The van der Waals surface area contributed by atoms with Crippen LogP contribution in [0, 0.1) is 6.92 Å². The van der Waals surface area contributed by atoms with Crippen molar-refractivity contribution in [3.05, 3.63) is 60.3 Å². The summed E-state index contributed by atoms with van der Waals surface area (Å²) in [4.78, 5) is 24.0. The van der Waals surface area contributed by atoms with Gasteiger partial charge in [-0.05, 0) is 54.9 Å². The number of pyridine rings is 1. The lowest BCUT2D eigenvalue weighted by Crippen LogP contribution is -2.44. The van der Waals surface area contributed by atoms with E-state index in [9.17, 15) is 9.90 Å². The Balaban J connectivity index is 1.60. The molecule has 34 heavy (non-hydrogen) atoms. The molecule has 2 aromatic carbocycles. The van der Waals surface area contributed by atoms with Crippen LogP contribution in [0.5, 0.6) is 0 Å². The van der Waals surface area contributed by atoms with Crippen molar-refractivity contribution in [3.8, 4) is 22.4 Å². The minimum absolute atomic E-state index is 0.549. The summed E-state index contributed by atoms with van der Waals surface area (Å²) < 4.78 is 0. The highest BCUT2D eigenvalue weighted by atomic mass is 16.4. The summed E-state index contributed by atoms with van der Waals surface area (Å²) in [5, 5.41) is 12.6. The van der Waals surface area contributed by atoms with Gasteiger partial charge in [0.05, 0.1) is 17.6 Å². The van der Waals surface area contributed by atoms with Crippen molar-refractivity contribution in [2.75, 3.05) is 49.2 Å². The molecule has 8 heteroatoms. The molecule has 1 aliphatic rings. The molecule has 1 amide bonds. The smallest absolute Gasteiger partial charge is 0.409 e. The highest BCUT2D eigenvalue weighted by Gasteiger charge is 2.19. The number of nitrogen functional groups attached to an aromatic ring is 1. The highest BCUT2D eigenvalue weighted by molar-refractivity contribution is 6.04.